The van der Waals surface area contributed by atoms with Gasteiger partial charge in [-0.05, 0) is 43.9 Å². The molecule has 0 aliphatic carbocycles. The van der Waals surface area contributed by atoms with Crippen molar-refractivity contribution in [2.75, 3.05) is 13.2 Å². The highest BCUT2D eigenvalue weighted by atomic mass is 32.3. The van der Waals surface area contributed by atoms with Gasteiger partial charge in [-0.15, -0.1) is 0 Å². The van der Waals surface area contributed by atoms with Crippen molar-refractivity contribution in [3.05, 3.63) is 11.6 Å². The molecule has 2 aliphatic rings. The molecule has 2 aliphatic heterocycles. The molecule has 16 nitrogen and oxygen atoms in total. The van der Waals surface area contributed by atoms with Gasteiger partial charge in [0.25, 0.3) is 0 Å². The van der Waals surface area contributed by atoms with Crippen LogP contribution in [0.1, 0.15) is 189 Å². The topological polar surface area (TPSA) is 245 Å². The highest BCUT2D eigenvalue weighted by Gasteiger charge is 2.54. The molecule has 0 unspecified atom stereocenters. The van der Waals surface area contributed by atoms with Crippen molar-refractivity contribution in [1.82, 2.24) is 0 Å². The summed E-state index contributed by atoms with van der Waals surface area (Å²) in [6, 6.07) is 0. The normalized spacial score (nSPS) is 27.8. The van der Waals surface area contributed by atoms with Crippen LogP contribution in [0, 0.1) is 17.8 Å². The molecule has 0 aromatic rings. The predicted octanol–water partition coefficient (Wildman–Crippen LogP) is 7.40. The largest absolute Gasteiger partial charge is 0.453 e. The molecule has 0 aromatic heterocycles. The molecule has 2 saturated heterocycles. The number of esters is 2. The van der Waals surface area contributed by atoms with Crippen molar-refractivity contribution in [1.29, 1.82) is 0 Å². The maximum absolute atomic E-state index is 13.8. The van der Waals surface area contributed by atoms with Crippen LogP contribution in [0.15, 0.2) is 11.6 Å². The van der Waals surface area contributed by atoms with E-state index in [-0.39, 0.29) is 17.9 Å². The lowest BCUT2D eigenvalue weighted by Gasteiger charge is -2.46. The minimum Gasteiger partial charge on any atom is -0.453 e. The second-order valence-electron chi connectivity index (χ2n) is 18.9. The van der Waals surface area contributed by atoms with Crippen LogP contribution in [0.3, 0.4) is 0 Å². The van der Waals surface area contributed by atoms with Gasteiger partial charge in [-0.2, -0.15) is 8.42 Å². The predicted molar refractivity (Wildman–Crippen MR) is 246 cm³/mol. The van der Waals surface area contributed by atoms with Crippen LogP contribution in [-0.2, 0) is 47.9 Å². The molecule has 17 heteroatoms. The summed E-state index contributed by atoms with van der Waals surface area (Å²) in [5, 5.41) is 52.7. The molecular formula is C48H88O16S. The second-order valence-corrected chi connectivity index (χ2v) is 20.0. The van der Waals surface area contributed by atoms with Gasteiger partial charge in [-0.3, -0.25) is 9.35 Å². The third-order valence-electron chi connectivity index (χ3n) is 12.6. The lowest BCUT2D eigenvalue weighted by molar-refractivity contribution is -0.374. The first-order valence-electron chi connectivity index (χ1n) is 24.9. The van der Waals surface area contributed by atoms with Crippen molar-refractivity contribution in [3.8, 4) is 0 Å². The molecular weight excluding hydrogens is 865 g/mol. The zero-order valence-corrected chi connectivity index (χ0v) is 41.3. The Morgan fingerprint density at radius 3 is 1.60 bits per heavy atom. The van der Waals surface area contributed by atoms with E-state index in [9.17, 15) is 48.1 Å². The third-order valence-corrected chi connectivity index (χ3v) is 13.1. The average Bonchev–Trinajstić information content (AvgIpc) is 3.24. The lowest BCUT2D eigenvalue weighted by Crippen LogP contribution is -2.65. The maximum atomic E-state index is 13.8. The number of aliphatic hydroxyl groups excluding tert-OH is 5. The van der Waals surface area contributed by atoms with Gasteiger partial charge in [-0.1, -0.05) is 163 Å². The summed E-state index contributed by atoms with van der Waals surface area (Å²) in [5.74, 6) is -0.659. The van der Waals surface area contributed by atoms with Gasteiger partial charge in [0.2, 0.25) is 6.29 Å². The van der Waals surface area contributed by atoms with Crippen molar-refractivity contribution in [2.45, 2.75) is 251 Å². The molecule has 6 N–H and O–H groups in total. The van der Waals surface area contributed by atoms with E-state index in [1.165, 1.54) is 89.9 Å². The van der Waals surface area contributed by atoms with Crippen LogP contribution in [-0.4, -0.2) is 125 Å². The van der Waals surface area contributed by atoms with E-state index < -0.39 is 97.0 Å². The lowest BCUT2D eigenvalue weighted by atomic mass is 9.87. The monoisotopic (exact) mass is 953 g/mol. The Labute approximate surface area is 390 Å². The molecule has 2 rings (SSSR count). The fraction of sp³-hybridized carbons (Fsp3) is 0.917. The van der Waals surface area contributed by atoms with Crippen molar-refractivity contribution in [3.63, 3.8) is 0 Å². The van der Waals surface area contributed by atoms with E-state index in [2.05, 4.69) is 31.9 Å². The SMILES string of the molecule is CCCCCCCCCCCCCCCC(=O)O[C@H]1[C@@H](O[C@H]2O[C@H](CO)[C@@H](O)[C@H](O)[C@H]2OS(=O)(=O)O)O[C@H](CO)[C@@H](O)[C@@H]1OC(=O)/C(C)=C/[C@@H](C)C[C@@H](C)C[C@@H](C)CCCCCCCC. The fourth-order valence-corrected chi connectivity index (χ4v) is 9.52. The van der Waals surface area contributed by atoms with Gasteiger partial charge < -0.3 is 49.2 Å². The van der Waals surface area contributed by atoms with Gasteiger partial charge in [0.15, 0.2) is 24.6 Å². The Bertz CT molecular complexity index is 1430. The second kappa shape index (κ2) is 32.9. The van der Waals surface area contributed by atoms with Crippen LogP contribution in [0.25, 0.3) is 0 Å². The number of unbranched alkanes of at least 4 members (excludes halogenated alkanes) is 17. The number of hydrogen-bond acceptors (Lipinski definition) is 15. The summed E-state index contributed by atoms with van der Waals surface area (Å²) in [7, 11) is -5.31. The Morgan fingerprint density at radius 1 is 0.615 bits per heavy atom. The molecule has 0 saturated carbocycles. The van der Waals surface area contributed by atoms with Crippen LogP contribution in [0.4, 0.5) is 0 Å². The Kier molecular flexibility index (Phi) is 30.0. The number of rotatable bonds is 35. The zero-order valence-electron chi connectivity index (χ0n) is 40.4. The molecule has 0 amide bonds. The summed E-state index contributed by atoms with van der Waals surface area (Å²) in [6.45, 7) is 10.8. The van der Waals surface area contributed by atoms with Gasteiger partial charge in [0.1, 0.15) is 30.5 Å². The summed E-state index contributed by atoms with van der Waals surface area (Å²) in [5.41, 5.74) is 0.221. The van der Waals surface area contributed by atoms with Crippen LogP contribution in [0.5, 0.6) is 0 Å². The Hall–Kier alpha value is -1.77. The number of carbonyl (C=O) groups excluding carboxylic acids is 2. The quantitative estimate of drug-likeness (QED) is 0.0157. The highest BCUT2D eigenvalue weighted by Crippen LogP contribution is 2.33. The van der Waals surface area contributed by atoms with E-state index in [1.54, 1.807) is 13.0 Å². The molecule has 2 heterocycles. The third kappa shape index (κ3) is 23.4. The molecule has 0 aromatic carbocycles. The van der Waals surface area contributed by atoms with E-state index in [0.29, 0.717) is 18.3 Å². The maximum Gasteiger partial charge on any atom is 0.397 e. The number of hydrogen-bond donors (Lipinski definition) is 6. The molecule has 2 fully saturated rings. The van der Waals surface area contributed by atoms with Crippen LogP contribution >= 0.6 is 0 Å². The number of carbonyl (C=O) groups is 2. The molecule has 0 bridgehead atoms. The van der Waals surface area contributed by atoms with E-state index >= 15 is 0 Å². The molecule has 0 radical (unpaired) electrons. The van der Waals surface area contributed by atoms with Crippen LogP contribution in [0.2, 0.25) is 0 Å². The summed E-state index contributed by atoms with van der Waals surface area (Å²) in [6.07, 6.45) is 8.21. The van der Waals surface area contributed by atoms with Crippen LogP contribution < -0.4 is 0 Å². The van der Waals surface area contributed by atoms with E-state index in [1.807, 2.05) is 6.92 Å². The standard InChI is InChI=1S/C48H88O16S/c1-7-9-11-13-15-16-17-18-19-20-21-23-25-27-39(51)61-45-43(62-46(55)36(6)30-35(5)29-34(4)28-33(3)26-24-22-14-12-10-8-2)41(53)38(32-50)60-48(45)63-47-44(64-65(56,57)58)42(54)40(52)37(31-49)59-47/h30,33-35,37-38,40-45,47-50,52-54H,7-29,31-32H2,1-6H3,(H,56,57,58)/b36-30+/t33-,34-,35-,37+,38+,40+,41+,42-,43-,44+,45+,47+,48+/m0/s1. The highest BCUT2D eigenvalue weighted by molar-refractivity contribution is 7.80. The Morgan fingerprint density at radius 2 is 1.09 bits per heavy atom. The summed E-state index contributed by atoms with van der Waals surface area (Å²) >= 11 is 0. The smallest absolute Gasteiger partial charge is 0.397 e. The van der Waals surface area contributed by atoms with Gasteiger partial charge in [-0.25, -0.2) is 8.98 Å². The van der Waals surface area contributed by atoms with Gasteiger partial charge >= 0.3 is 22.3 Å². The molecule has 13 atom stereocenters. The summed E-state index contributed by atoms with van der Waals surface area (Å²) in [4.78, 5) is 27.2. The molecule has 382 valence electrons. The zero-order chi connectivity index (χ0) is 48.4. The minimum absolute atomic E-state index is 0.0157. The van der Waals surface area contributed by atoms with Crippen molar-refractivity contribution >= 4 is 22.3 Å². The fourth-order valence-electron chi connectivity index (χ4n) is 9.04. The number of ether oxygens (including phenoxy) is 5. The van der Waals surface area contributed by atoms with Crippen molar-refractivity contribution < 1.29 is 76.0 Å². The first kappa shape index (κ1) is 59.4. The number of allylic oxidation sites excluding steroid dienone is 1. The molecule has 65 heavy (non-hydrogen) atoms. The average molecular weight is 953 g/mol. The molecule has 0 spiro atoms. The minimum atomic E-state index is -5.31. The van der Waals surface area contributed by atoms with E-state index in [0.717, 1.165) is 44.9 Å². The Balaban J connectivity index is 2.21. The first-order valence-corrected chi connectivity index (χ1v) is 26.3. The van der Waals surface area contributed by atoms with Gasteiger partial charge in [0.05, 0.1) is 13.2 Å². The summed E-state index contributed by atoms with van der Waals surface area (Å²) < 4.78 is 66.6. The van der Waals surface area contributed by atoms with Crippen molar-refractivity contribution in [2.24, 2.45) is 17.8 Å². The van der Waals surface area contributed by atoms with Gasteiger partial charge in [0, 0.05) is 12.0 Å². The number of aliphatic hydroxyl groups is 5. The van der Waals surface area contributed by atoms with E-state index in [4.69, 9.17) is 23.7 Å². The first-order chi connectivity index (χ1) is 31.0.